The van der Waals surface area contributed by atoms with E-state index in [0.29, 0.717) is 5.56 Å². The maximum atomic E-state index is 12.6. The van der Waals surface area contributed by atoms with E-state index in [1.54, 1.807) is 6.92 Å². The number of nitrogens with one attached hydrogen (secondary N) is 2. The molecule has 0 radical (unpaired) electrons. The van der Waals surface area contributed by atoms with E-state index in [1.165, 1.54) is 6.07 Å². The molecule has 4 N–H and O–H groups in total. The van der Waals surface area contributed by atoms with Crippen LogP contribution in [0.15, 0.2) is 18.2 Å². The van der Waals surface area contributed by atoms with E-state index in [0.717, 1.165) is 12.1 Å². The zero-order valence-electron chi connectivity index (χ0n) is 10.7. The summed E-state index contributed by atoms with van der Waals surface area (Å²) >= 11 is 0. The maximum absolute atomic E-state index is 12.6. The van der Waals surface area contributed by atoms with Gasteiger partial charge in [-0.05, 0) is 24.6 Å². The number of rotatable bonds is 4. The van der Waals surface area contributed by atoms with Crippen LogP contribution >= 0.6 is 0 Å². The Morgan fingerprint density at radius 1 is 1.25 bits per heavy atom. The van der Waals surface area contributed by atoms with Crippen LogP contribution in [-0.4, -0.2) is 24.9 Å². The lowest BCUT2D eigenvalue weighted by Crippen LogP contribution is -2.36. The van der Waals surface area contributed by atoms with E-state index in [-0.39, 0.29) is 18.8 Å². The molecule has 0 bridgehead atoms. The number of amides is 2. The fourth-order valence-corrected chi connectivity index (χ4v) is 1.38. The van der Waals surface area contributed by atoms with Crippen LogP contribution in [0.3, 0.4) is 0 Å². The molecule has 1 aromatic carbocycles. The third kappa shape index (κ3) is 4.54. The normalized spacial score (nSPS) is 11.1. The Hall–Kier alpha value is -2.09. The first-order chi connectivity index (χ1) is 9.24. The summed E-state index contributed by atoms with van der Waals surface area (Å²) < 4.78 is 37.7. The average Bonchev–Trinajstić information content (AvgIpc) is 2.37. The molecule has 0 aromatic heterocycles. The minimum absolute atomic E-state index is 0.0480. The van der Waals surface area contributed by atoms with Gasteiger partial charge in [-0.2, -0.15) is 13.2 Å². The zero-order chi connectivity index (χ0) is 15.3. The maximum Gasteiger partial charge on any atom is 0.416 e. The first-order valence-electron chi connectivity index (χ1n) is 5.68. The highest BCUT2D eigenvalue weighted by atomic mass is 19.4. The van der Waals surface area contributed by atoms with Crippen LogP contribution in [0.5, 0.6) is 0 Å². The second kappa shape index (κ2) is 6.38. The largest absolute Gasteiger partial charge is 0.416 e. The van der Waals surface area contributed by atoms with Crippen molar-refractivity contribution in [2.24, 2.45) is 5.73 Å². The van der Waals surface area contributed by atoms with Crippen molar-refractivity contribution in [3.63, 3.8) is 0 Å². The molecule has 0 fully saturated rings. The minimum Gasteiger partial charge on any atom is -0.346 e. The predicted octanol–water partition coefficient (Wildman–Crippen LogP) is 1.03. The van der Waals surface area contributed by atoms with E-state index in [1.807, 2.05) is 0 Å². The standard InChI is InChI=1S/C12H14F3N3O2/c1-7-2-3-8(12(13,14)15)4-9(7)18-11(20)6-17-10(19)5-16/h2-4H,5-6,16H2,1H3,(H,17,19)(H,18,20). The van der Waals surface area contributed by atoms with Crippen molar-refractivity contribution in [1.82, 2.24) is 5.32 Å². The molecular formula is C12H14F3N3O2. The monoisotopic (exact) mass is 289 g/mol. The number of hydrogen-bond donors (Lipinski definition) is 3. The van der Waals surface area contributed by atoms with Crippen LogP contribution in [0.2, 0.25) is 0 Å². The summed E-state index contributed by atoms with van der Waals surface area (Å²) in [4.78, 5) is 22.4. The molecule has 0 aliphatic carbocycles. The third-order valence-corrected chi connectivity index (χ3v) is 2.47. The molecule has 0 unspecified atom stereocenters. The van der Waals surface area contributed by atoms with Crippen LogP contribution in [0.25, 0.3) is 0 Å². The lowest BCUT2D eigenvalue weighted by atomic mass is 10.1. The van der Waals surface area contributed by atoms with Gasteiger partial charge in [-0.15, -0.1) is 0 Å². The summed E-state index contributed by atoms with van der Waals surface area (Å²) in [5.74, 6) is -1.16. The third-order valence-electron chi connectivity index (χ3n) is 2.47. The van der Waals surface area contributed by atoms with Crippen LogP contribution in [-0.2, 0) is 15.8 Å². The average molecular weight is 289 g/mol. The van der Waals surface area contributed by atoms with Gasteiger partial charge in [0.1, 0.15) is 0 Å². The van der Waals surface area contributed by atoms with Gasteiger partial charge >= 0.3 is 6.18 Å². The Morgan fingerprint density at radius 3 is 2.45 bits per heavy atom. The summed E-state index contributed by atoms with van der Waals surface area (Å²) in [6.45, 7) is 0.940. The molecular weight excluding hydrogens is 275 g/mol. The van der Waals surface area contributed by atoms with Gasteiger partial charge in [0.15, 0.2) is 0 Å². The first kappa shape index (κ1) is 16.0. The van der Waals surface area contributed by atoms with Gasteiger partial charge in [0, 0.05) is 5.69 Å². The number of hydrogen-bond acceptors (Lipinski definition) is 3. The molecule has 1 rings (SSSR count). The molecule has 8 heteroatoms. The van der Waals surface area contributed by atoms with E-state index >= 15 is 0 Å². The second-order valence-corrected chi connectivity index (χ2v) is 4.06. The fourth-order valence-electron chi connectivity index (χ4n) is 1.38. The van der Waals surface area contributed by atoms with E-state index in [2.05, 4.69) is 10.6 Å². The zero-order valence-corrected chi connectivity index (χ0v) is 10.7. The summed E-state index contributed by atoms with van der Waals surface area (Å²) in [7, 11) is 0. The first-order valence-corrected chi connectivity index (χ1v) is 5.68. The Kier molecular flexibility index (Phi) is 5.09. The highest BCUT2D eigenvalue weighted by molar-refractivity contribution is 5.95. The number of benzene rings is 1. The molecule has 0 heterocycles. The summed E-state index contributed by atoms with van der Waals surface area (Å²) in [5, 5.41) is 4.53. The van der Waals surface area contributed by atoms with E-state index < -0.39 is 23.6 Å². The lowest BCUT2D eigenvalue weighted by Gasteiger charge is -2.12. The van der Waals surface area contributed by atoms with Crippen LogP contribution in [0, 0.1) is 6.92 Å². The quantitative estimate of drug-likeness (QED) is 0.774. The summed E-state index contributed by atoms with van der Waals surface area (Å²) in [6, 6.07) is 3.04. The van der Waals surface area contributed by atoms with Crippen molar-refractivity contribution in [1.29, 1.82) is 0 Å². The predicted molar refractivity (Wildman–Crippen MR) is 66.9 cm³/mol. The van der Waals surface area contributed by atoms with Crippen LogP contribution in [0.1, 0.15) is 11.1 Å². The summed E-state index contributed by atoms with van der Waals surface area (Å²) in [6.07, 6.45) is -4.49. The molecule has 0 saturated heterocycles. The van der Waals surface area contributed by atoms with Crippen molar-refractivity contribution in [3.8, 4) is 0 Å². The van der Waals surface area contributed by atoms with Gasteiger partial charge < -0.3 is 16.4 Å². The molecule has 5 nitrogen and oxygen atoms in total. The van der Waals surface area contributed by atoms with E-state index in [9.17, 15) is 22.8 Å². The topological polar surface area (TPSA) is 84.2 Å². The fraction of sp³-hybridized carbons (Fsp3) is 0.333. The highest BCUT2D eigenvalue weighted by Crippen LogP contribution is 2.31. The Bertz CT molecular complexity index is 515. The number of carbonyl (C=O) groups excluding carboxylic acids is 2. The van der Waals surface area contributed by atoms with Crippen molar-refractivity contribution in [2.75, 3.05) is 18.4 Å². The van der Waals surface area contributed by atoms with E-state index in [4.69, 9.17) is 5.73 Å². The van der Waals surface area contributed by atoms with Crippen LogP contribution in [0.4, 0.5) is 18.9 Å². The Morgan fingerprint density at radius 2 is 1.90 bits per heavy atom. The number of aryl methyl sites for hydroxylation is 1. The molecule has 110 valence electrons. The number of alkyl halides is 3. The smallest absolute Gasteiger partial charge is 0.346 e. The molecule has 0 atom stereocenters. The summed E-state index contributed by atoms with van der Waals surface area (Å²) in [5.41, 5.74) is 4.71. The number of carbonyl (C=O) groups is 2. The SMILES string of the molecule is Cc1ccc(C(F)(F)F)cc1NC(=O)CNC(=O)CN. The molecule has 1 aromatic rings. The van der Waals surface area contributed by atoms with Gasteiger partial charge in [0.05, 0.1) is 18.7 Å². The van der Waals surface area contributed by atoms with Gasteiger partial charge in [0.2, 0.25) is 11.8 Å². The molecule has 2 amide bonds. The van der Waals surface area contributed by atoms with Crippen molar-refractivity contribution in [3.05, 3.63) is 29.3 Å². The van der Waals surface area contributed by atoms with Gasteiger partial charge in [-0.3, -0.25) is 9.59 Å². The molecule has 20 heavy (non-hydrogen) atoms. The minimum atomic E-state index is -4.49. The Labute approximate surface area is 113 Å². The number of nitrogens with two attached hydrogens (primary N) is 1. The second-order valence-electron chi connectivity index (χ2n) is 4.06. The molecule has 0 aliphatic rings. The van der Waals surface area contributed by atoms with Crippen molar-refractivity contribution >= 4 is 17.5 Å². The Balaban J connectivity index is 2.76. The van der Waals surface area contributed by atoms with Gasteiger partial charge in [-0.1, -0.05) is 6.07 Å². The molecule has 0 saturated carbocycles. The molecule has 0 spiro atoms. The van der Waals surface area contributed by atoms with Crippen LogP contribution < -0.4 is 16.4 Å². The highest BCUT2D eigenvalue weighted by Gasteiger charge is 2.30. The number of anilines is 1. The van der Waals surface area contributed by atoms with Crippen molar-refractivity contribution < 1.29 is 22.8 Å². The van der Waals surface area contributed by atoms with Gasteiger partial charge in [-0.25, -0.2) is 0 Å². The number of halogens is 3. The molecule has 0 aliphatic heterocycles. The van der Waals surface area contributed by atoms with Gasteiger partial charge in [0.25, 0.3) is 0 Å². The lowest BCUT2D eigenvalue weighted by molar-refractivity contribution is -0.137. The van der Waals surface area contributed by atoms with Crippen molar-refractivity contribution in [2.45, 2.75) is 13.1 Å².